The van der Waals surface area contributed by atoms with E-state index in [9.17, 15) is 8.42 Å². The second-order valence-corrected chi connectivity index (χ2v) is 6.78. The molecule has 0 saturated carbocycles. The molecule has 0 spiro atoms. The molecule has 96 valence electrons. The third kappa shape index (κ3) is 4.90. The summed E-state index contributed by atoms with van der Waals surface area (Å²) in [6.07, 6.45) is 0. The molecule has 0 saturated heterocycles. The summed E-state index contributed by atoms with van der Waals surface area (Å²) in [6.45, 7) is 5.15. The second kappa shape index (κ2) is 6.67. The van der Waals surface area contributed by atoms with E-state index in [1.807, 2.05) is 19.9 Å². The van der Waals surface area contributed by atoms with Crippen LogP contribution in [-0.2, 0) is 10.0 Å². The normalized spacial score (nSPS) is 13.6. The van der Waals surface area contributed by atoms with Gasteiger partial charge in [0.1, 0.15) is 0 Å². The van der Waals surface area contributed by atoms with Crippen molar-refractivity contribution in [1.82, 2.24) is 10.0 Å². The van der Waals surface area contributed by atoms with E-state index in [1.165, 1.54) is 0 Å². The molecule has 0 aliphatic heterocycles. The zero-order valence-corrected chi connectivity index (χ0v) is 12.9. The number of hydrogen-bond acceptors (Lipinski definition) is 3. The van der Waals surface area contributed by atoms with Crippen LogP contribution < -0.4 is 10.0 Å². The highest BCUT2D eigenvalue weighted by Crippen LogP contribution is 2.12. The lowest BCUT2D eigenvalue weighted by atomic mass is 10.3. The Hall–Kier alpha value is -0.180. The predicted octanol–water partition coefficient (Wildman–Crippen LogP) is 1.57. The molecule has 4 nitrogen and oxygen atoms in total. The molecule has 0 heterocycles. The van der Waals surface area contributed by atoms with Gasteiger partial charge in [0.05, 0.1) is 4.90 Å². The molecule has 0 bridgehead atoms. The second-order valence-electron chi connectivity index (χ2n) is 3.77. The number of sulfonamides is 1. The monoisotopic (exact) mass is 368 g/mol. The fourth-order valence-corrected chi connectivity index (χ4v) is 3.30. The van der Waals surface area contributed by atoms with Crippen molar-refractivity contribution in [1.29, 1.82) is 0 Å². The molecule has 6 heteroatoms. The van der Waals surface area contributed by atoms with Crippen LogP contribution in [0.2, 0.25) is 0 Å². The van der Waals surface area contributed by atoms with Crippen LogP contribution in [-0.4, -0.2) is 27.5 Å². The Balaban J connectivity index is 2.69. The zero-order chi connectivity index (χ0) is 12.9. The number of hydrogen-bond donors (Lipinski definition) is 2. The first-order chi connectivity index (χ1) is 7.95. The molecular weight excluding hydrogens is 351 g/mol. The highest BCUT2D eigenvalue weighted by atomic mass is 127. The number of likely N-dealkylation sites (N-methyl/N-ethyl adjacent to an activating group) is 1. The van der Waals surface area contributed by atoms with Gasteiger partial charge in [-0.1, -0.05) is 13.0 Å². The number of rotatable bonds is 6. The average Bonchev–Trinajstić information content (AvgIpc) is 2.27. The first-order valence-electron chi connectivity index (χ1n) is 5.44. The minimum atomic E-state index is -3.39. The van der Waals surface area contributed by atoms with Gasteiger partial charge in [-0.05, 0) is 54.3 Å². The van der Waals surface area contributed by atoms with Crippen molar-refractivity contribution < 1.29 is 8.42 Å². The van der Waals surface area contributed by atoms with Gasteiger partial charge >= 0.3 is 0 Å². The van der Waals surface area contributed by atoms with Crippen LogP contribution in [0.1, 0.15) is 13.8 Å². The summed E-state index contributed by atoms with van der Waals surface area (Å²) in [5.74, 6) is 0. The molecule has 1 atom stereocenters. The smallest absolute Gasteiger partial charge is 0.240 e. The molecule has 0 aliphatic rings. The van der Waals surface area contributed by atoms with Gasteiger partial charge in [-0.2, -0.15) is 0 Å². The van der Waals surface area contributed by atoms with E-state index in [-0.39, 0.29) is 6.04 Å². The molecular formula is C11H17IN2O2S. The minimum absolute atomic E-state index is 0.123. The van der Waals surface area contributed by atoms with Crippen molar-refractivity contribution in [2.45, 2.75) is 24.8 Å². The highest BCUT2D eigenvalue weighted by molar-refractivity contribution is 14.1. The summed E-state index contributed by atoms with van der Waals surface area (Å²) >= 11 is 2.10. The SMILES string of the molecule is CCN[C@H](C)CNS(=O)(=O)c1cccc(I)c1. The topological polar surface area (TPSA) is 58.2 Å². The fourth-order valence-electron chi connectivity index (χ4n) is 1.37. The summed E-state index contributed by atoms with van der Waals surface area (Å²) in [5, 5.41) is 3.15. The Labute approximate surface area is 116 Å². The van der Waals surface area contributed by atoms with E-state index >= 15 is 0 Å². The zero-order valence-electron chi connectivity index (χ0n) is 9.90. The minimum Gasteiger partial charge on any atom is -0.313 e. The van der Waals surface area contributed by atoms with Gasteiger partial charge in [0.25, 0.3) is 0 Å². The molecule has 0 aliphatic carbocycles. The molecule has 0 fully saturated rings. The van der Waals surface area contributed by atoms with Crippen molar-refractivity contribution in [2.24, 2.45) is 0 Å². The maximum absolute atomic E-state index is 12.0. The van der Waals surface area contributed by atoms with Crippen molar-refractivity contribution >= 4 is 32.6 Å². The van der Waals surface area contributed by atoms with Gasteiger partial charge < -0.3 is 5.32 Å². The molecule has 2 N–H and O–H groups in total. The summed E-state index contributed by atoms with van der Waals surface area (Å²) in [4.78, 5) is 0.313. The number of nitrogens with one attached hydrogen (secondary N) is 2. The molecule has 0 aromatic heterocycles. The molecule has 0 amide bonds. The predicted molar refractivity (Wildman–Crippen MR) is 77.5 cm³/mol. The lowest BCUT2D eigenvalue weighted by Crippen LogP contribution is -2.38. The summed E-state index contributed by atoms with van der Waals surface area (Å²) in [5.41, 5.74) is 0. The third-order valence-corrected chi connectivity index (χ3v) is 4.33. The maximum atomic E-state index is 12.0. The van der Waals surface area contributed by atoms with Crippen LogP contribution >= 0.6 is 22.6 Å². The third-order valence-electron chi connectivity index (χ3n) is 2.24. The van der Waals surface area contributed by atoms with Crippen LogP contribution in [0.5, 0.6) is 0 Å². The maximum Gasteiger partial charge on any atom is 0.240 e. The van der Waals surface area contributed by atoms with E-state index in [2.05, 4.69) is 32.6 Å². The van der Waals surface area contributed by atoms with Gasteiger partial charge in [0.15, 0.2) is 0 Å². The van der Waals surface area contributed by atoms with E-state index in [1.54, 1.807) is 18.2 Å². The van der Waals surface area contributed by atoms with Gasteiger partial charge in [-0.15, -0.1) is 0 Å². The molecule has 0 unspecified atom stereocenters. The Morgan fingerprint density at radius 1 is 1.41 bits per heavy atom. The molecule has 0 radical (unpaired) electrons. The average molecular weight is 368 g/mol. The van der Waals surface area contributed by atoms with Crippen LogP contribution in [0.3, 0.4) is 0 Å². The van der Waals surface area contributed by atoms with Gasteiger partial charge in [-0.3, -0.25) is 0 Å². The van der Waals surface area contributed by atoms with E-state index in [4.69, 9.17) is 0 Å². The summed E-state index contributed by atoms with van der Waals surface area (Å²) < 4.78 is 27.4. The Morgan fingerprint density at radius 3 is 2.71 bits per heavy atom. The lowest BCUT2D eigenvalue weighted by Gasteiger charge is -2.13. The van der Waals surface area contributed by atoms with Crippen LogP contribution in [0.15, 0.2) is 29.2 Å². The van der Waals surface area contributed by atoms with Crippen molar-refractivity contribution in [3.8, 4) is 0 Å². The molecule has 17 heavy (non-hydrogen) atoms. The molecule has 1 aromatic carbocycles. The van der Waals surface area contributed by atoms with Gasteiger partial charge in [-0.25, -0.2) is 13.1 Å². The largest absolute Gasteiger partial charge is 0.313 e. The van der Waals surface area contributed by atoms with E-state index in [0.29, 0.717) is 11.4 Å². The summed E-state index contributed by atoms with van der Waals surface area (Å²) in [7, 11) is -3.39. The summed E-state index contributed by atoms with van der Waals surface area (Å²) in [6, 6.07) is 6.98. The first kappa shape index (κ1) is 14.9. The Kier molecular flexibility index (Phi) is 5.84. The lowest BCUT2D eigenvalue weighted by molar-refractivity contribution is 0.536. The standard InChI is InChI=1S/C11H17IN2O2S/c1-3-13-9(2)8-14-17(15,16)11-6-4-5-10(12)7-11/h4-7,9,13-14H,3,8H2,1-2H3/t9-/m1/s1. The van der Waals surface area contributed by atoms with Crippen LogP contribution in [0, 0.1) is 3.57 Å². The van der Waals surface area contributed by atoms with Crippen molar-refractivity contribution in [3.63, 3.8) is 0 Å². The van der Waals surface area contributed by atoms with Crippen molar-refractivity contribution in [3.05, 3.63) is 27.8 Å². The Morgan fingerprint density at radius 2 is 2.12 bits per heavy atom. The van der Waals surface area contributed by atoms with Crippen molar-refractivity contribution in [2.75, 3.05) is 13.1 Å². The quantitative estimate of drug-likeness (QED) is 0.750. The molecule has 1 aromatic rings. The highest BCUT2D eigenvalue weighted by Gasteiger charge is 2.14. The Bertz CT molecular complexity index is 462. The van der Waals surface area contributed by atoms with Crippen LogP contribution in [0.25, 0.3) is 0 Å². The van der Waals surface area contributed by atoms with E-state index < -0.39 is 10.0 Å². The van der Waals surface area contributed by atoms with Crippen LogP contribution in [0.4, 0.5) is 0 Å². The fraction of sp³-hybridized carbons (Fsp3) is 0.455. The van der Waals surface area contributed by atoms with Gasteiger partial charge in [0.2, 0.25) is 10.0 Å². The first-order valence-corrected chi connectivity index (χ1v) is 8.00. The van der Waals surface area contributed by atoms with Gasteiger partial charge in [0, 0.05) is 16.2 Å². The number of benzene rings is 1. The molecule has 1 rings (SSSR count). The van der Waals surface area contributed by atoms with E-state index in [0.717, 1.165) is 10.1 Å². The number of halogens is 1.